The standard InChI is InChI=1S/C48H31N/c1-6-18-32(19-7-1)41-42(33-20-8-2-9-21-33)44(35-24-12-4-13-25-35)48-38-29-17-31-40-46(38)45-37(47(48)43(41)34-22-10-3-11-23-34)28-16-30-39(45)49(40)36-26-14-5-15-27-36/h1-31H. The van der Waals surface area contributed by atoms with Crippen LogP contribution in [-0.4, -0.2) is 4.57 Å². The molecule has 0 fully saturated rings. The molecule has 10 rings (SSSR count). The lowest BCUT2D eigenvalue weighted by Gasteiger charge is -2.26. The molecular weight excluding hydrogens is 591 g/mol. The molecule has 0 bridgehead atoms. The number of benzene rings is 9. The summed E-state index contributed by atoms with van der Waals surface area (Å²) in [5.41, 5.74) is 13.5. The molecule has 228 valence electrons. The number of nitrogens with zero attached hydrogens (tertiary/aromatic N) is 1. The van der Waals surface area contributed by atoms with Crippen LogP contribution >= 0.6 is 0 Å². The summed E-state index contributed by atoms with van der Waals surface area (Å²) in [6, 6.07) is 68.6. The van der Waals surface area contributed by atoms with Crippen molar-refractivity contribution in [1.82, 2.24) is 4.57 Å². The number of para-hydroxylation sites is 1. The highest BCUT2D eigenvalue weighted by Gasteiger charge is 2.29. The van der Waals surface area contributed by atoms with E-state index in [4.69, 9.17) is 0 Å². The fraction of sp³-hybridized carbons (Fsp3) is 0. The Labute approximate surface area is 285 Å². The highest BCUT2D eigenvalue weighted by molar-refractivity contribution is 6.40. The molecule has 0 aliphatic heterocycles. The largest absolute Gasteiger partial charge is 0.309 e. The van der Waals surface area contributed by atoms with Crippen LogP contribution in [0.5, 0.6) is 0 Å². The molecule has 0 aliphatic carbocycles. The SMILES string of the molecule is c1ccc(-c2c(-c3ccccc3)c(-c3ccccc3)c3c4cccc5c4c4c(cccc4n5-c4ccccc4)c3c2-c2ccccc2)cc1. The molecule has 0 spiro atoms. The summed E-state index contributed by atoms with van der Waals surface area (Å²) in [6.45, 7) is 0. The van der Waals surface area contributed by atoms with Crippen molar-refractivity contribution < 1.29 is 0 Å². The summed E-state index contributed by atoms with van der Waals surface area (Å²) in [5, 5.41) is 7.76. The fourth-order valence-electron chi connectivity index (χ4n) is 8.24. The van der Waals surface area contributed by atoms with Crippen molar-refractivity contribution in [3.63, 3.8) is 0 Å². The predicted molar refractivity (Wildman–Crippen MR) is 209 cm³/mol. The van der Waals surface area contributed by atoms with Gasteiger partial charge in [-0.1, -0.05) is 164 Å². The highest BCUT2D eigenvalue weighted by atomic mass is 15.0. The van der Waals surface area contributed by atoms with Crippen LogP contribution in [0.25, 0.3) is 93.5 Å². The normalized spacial score (nSPS) is 11.7. The molecule has 1 heterocycles. The predicted octanol–water partition coefficient (Wildman–Crippen LogP) is 13.2. The third-order valence-electron chi connectivity index (χ3n) is 10.1. The molecular formula is C48H31N. The first-order valence-electron chi connectivity index (χ1n) is 17.0. The van der Waals surface area contributed by atoms with E-state index in [1.807, 2.05) is 0 Å². The monoisotopic (exact) mass is 621 g/mol. The van der Waals surface area contributed by atoms with Gasteiger partial charge in [0.2, 0.25) is 0 Å². The molecule has 1 heteroatoms. The smallest absolute Gasteiger partial charge is 0.0547 e. The van der Waals surface area contributed by atoms with Gasteiger partial charge in [0.05, 0.1) is 11.0 Å². The maximum Gasteiger partial charge on any atom is 0.0547 e. The van der Waals surface area contributed by atoms with Gasteiger partial charge in [-0.2, -0.15) is 0 Å². The lowest BCUT2D eigenvalue weighted by molar-refractivity contribution is 1.18. The van der Waals surface area contributed by atoms with Crippen LogP contribution in [0, 0.1) is 0 Å². The van der Waals surface area contributed by atoms with Crippen LogP contribution in [0.15, 0.2) is 188 Å². The van der Waals surface area contributed by atoms with E-state index in [1.54, 1.807) is 0 Å². The Morgan fingerprint density at radius 1 is 0.245 bits per heavy atom. The molecule has 0 unspecified atom stereocenters. The zero-order valence-corrected chi connectivity index (χ0v) is 26.8. The quantitative estimate of drug-likeness (QED) is 0.169. The molecule has 0 saturated heterocycles. The number of rotatable bonds is 5. The molecule has 1 nitrogen and oxygen atoms in total. The van der Waals surface area contributed by atoms with Gasteiger partial charge < -0.3 is 4.57 Å². The minimum absolute atomic E-state index is 1.17. The second-order valence-electron chi connectivity index (χ2n) is 12.8. The first-order chi connectivity index (χ1) is 24.4. The maximum absolute atomic E-state index is 2.45. The van der Waals surface area contributed by atoms with Crippen molar-refractivity contribution in [2.24, 2.45) is 0 Å². The lowest BCUT2D eigenvalue weighted by Crippen LogP contribution is -1.99. The zero-order valence-electron chi connectivity index (χ0n) is 26.8. The Bertz CT molecular complexity index is 2590. The van der Waals surface area contributed by atoms with Gasteiger partial charge >= 0.3 is 0 Å². The Morgan fingerprint density at radius 2 is 0.571 bits per heavy atom. The summed E-state index contributed by atoms with van der Waals surface area (Å²) >= 11 is 0. The van der Waals surface area contributed by atoms with Gasteiger partial charge in [-0.3, -0.25) is 0 Å². The van der Waals surface area contributed by atoms with E-state index < -0.39 is 0 Å². The molecule has 0 amide bonds. The topological polar surface area (TPSA) is 4.93 Å². The zero-order chi connectivity index (χ0) is 32.3. The van der Waals surface area contributed by atoms with Crippen LogP contribution in [0.3, 0.4) is 0 Å². The Balaban J connectivity index is 1.57. The van der Waals surface area contributed by atoms with Crippen molar-refractivity contribution in [3.8, 4) is 50.2 Å². The van der Waals surface area contributed by atoms with Crippen molar-refractivity contribution in [2.45, 2.75) is 0 Å². The molecule has 0 atom stereocenters. The molecule has 0 radical (unpaired) electrons. The second kappa shape index (κ2) is 11.1. The number of aromatic nitrogens is 1. The Morgan fingerprint density at radius 3 is 0.939 bits per heavy atom. The van der Waals surface area contributed by atoms with Crippen LogP contribution < -0.4 is 0 Å². The summed E-state index contributed by atoms with van der Waals surface area (Å²) in [5.74, 6) is 0. The lowest BCUT2D eigenvalue weighted by atomic mass is 9.76. The molecule has 0 saturated carbocycles. The Kier molecular flexibility index (Phi) is 6.25. The third-order valence-corrected chi connectivity index (χ3v) is 10.1. The average molecular weight is 622 g/mol. The van der Waals surface area contributed by atoms with Crippen molar-refractivity contribution in [2.75, 3.05) is 0 Å². The van der Waals surface area contributed by atoms with E-state index in [0.717, 1.165) is 0 Å². The fourth-order valence-corrected chi connectivity index (χ4v) is 8.24. The molecule has 0 aliphatic rings. The van der Waals surface area contributed by atoms with Crippen molar-refractivity contribution >= 4 is 43.4 Å². The Hall–Kier alpha value is -6.44. The van der Waals surface area contributed by atoms with E-state index in [-0.39, 0.29) is 0 Å². The minimum atomic E-state index is 1.17. The highest BCUT2D eigenvalue weighted by Crippen LogP contribution is 2.55. The maximum atomic E-state index is 2.45. The van der Waals surface area contributed by atoms with E-state index in [1.165, 1.54) is 93.5 Å². The van der Waals surface area contributed by atoms with Crippen molar-refractivity contribution in [3.05, 3.63) is 188 Å². The van der Waals surface area contributed by atoms with Crippen LogP contribution in [0.4, 0.5) is 0 Å². The third kappa shape index (κ3) is 4.13. The van der Waals surface area contributed by atoms with Crippen molar-refractivity contribution in [1.29, 1.82) is 0 Å². The van der Waals surface area contributed by atoms with Gasteiger partial charge in [-0.05, 0) is 90.3 Å². The summed E-state index contributed by atoms with van der Waals surface area (Å²) < 4.78 is 2.45. The van der Waals surface area contributed by atoms with Crippen LogP contribution in [0.1, 0.15) is 0 Å². The van der Waals surface area contributed by atoms with E-state index in [0.29, 0.717) is 0 Å². The van der Waals surface area contributed by atoms with Gasteiger partial charge in [0.25, 0.3) is 0 Å². The van der Waals surface area contributed by atoms with Gasteiger partial charge in [-0.15, -0.1) is 0 Å². The van der Waals surface area contributed by atoms with Crippen LogP contribution in [-0.2, 0) is 0 Å². The molecule has 49 heavy (non-hydrogen) atoms. The van der Waals surface area contributed by atoms with Gasteiger partial charge in [0.15, 0.2) is 0 Å². The van der Waals surface area contributed by atoms with E-state index in [9.17, 15) is 0 Å². The number of hydrogen-bond acceptors (Lipinski definition) is 0. The van der Waals surface area contributed by atoms with Gasteiger partial charge in [-0.25, -0.2) is 0 Å². The first kappa shape index (κ1) is 27.7. The summed E-state index contributed by atoms with van der Waals surface area (Å²) in [7, 11) is 0. The molecule has 10 aromatic rings. The van der Waals surface area contributed by atoms with Gasteiger partial charge in [0.1, 0.15) is 0 Å². The number of hydrogen-bond donors (Lipinski definition) is 0. The van der Waals surface area contributed by atoms with E-state index in [2.05, 4.69) is 193 Å². The minimum Gasteiger partial charge on any atom is -0.309 e. The molecule has 0 N–H and O–H groups in total. The second-order valence-corrected chi connectivity index (χ2v) is 12.8. The number of fused-ring (bicyclic) bond motifs is 3. The first-order valence-corrected chi connectivity index (χ1v) is 17.0. The average Bonchev–Trinajstić information content (AvgIpc) is 3.53. The van der Waals surface area contributed by atoms with Crippen LogP contribution in [0.2, 0.25) is 0 Å². The summed E-state index contributed by atoms with van der Waals surface area (Å²) in [4.78, 5) is 0. The van der Waals surface area contributed by atoms with E-state index >= 15 is 0 Å². The van der Waals surface area contributed by atoms with Gasteiger partial charge in [0, 0.05) is 16.5 Å². The summed E-state index contributed by atoms with van der Waals surface area (Å²) in [6.07, 6.45) is 0. The molecule has 9 aromatic carbocycles. The molecule has 1 aromatic heterocycles.